The molecule has 2 nitrogen and oxygen atoms in total. The molecular weight excluding hydrogens is 326 g/mol. The summed E-state index contributed by atoms with van der Waals surface area (Å²) in [4.78, 5) is 0. The van der Waals surface area contributed by atoms with Gasteiger partial charge >= 0.3 is 0 Å². The van der Waals surface area contributed by atoms with Gasteiger partial charge in [-0.15, -0.1) is 0 Å². The molecule has 110 valence electrons. The standard InChI is InChI=1S/C18H20BrNO/c1-21-15-8-9-17(19)16(11-15)18(20)14-7-3-6-13(10-14)12-4-2-5-12/h3,6-12,18H,2,4-5,20H2,1H3. The van der Waals surface area contributed by atoms with Crippen LogP contribution in [0.2, 0.25) is 0 Å². The molecule has 0 aromatic heterocycles. The van der Waals surface area contributed by atoms with E-state index in [-0.39, 0.29) is 6.04 Å². The predicted molar refractivity (Wildman–Crippen MR) is 89.8 cm³/mol. The maximum Gasteiger partial charge on any atom is 0.119 e. The second-order valence-electron chi connectivity index (χ2n) is 5.66. The molecule has 3 rings (SSSR count). The summed E-state index contributed by atoms with van der Waals surface area (Å²) in [5, 5.41) is 0. The van der Waals surface area contributed by atoms with Gasteiger partial charge in [0.2, 0.25) is 0 Å². The highest BCUT2D eigenvalue weighted by Crippen LogP contribution is 2.38. The van der Waals surface area contributed by atoms with E-state index in [0.29, 0.717) is 0 Å². The highest BCUT2D eigenvalue weighted by Gasteiger charge is 2.21. The van der Waals surface area contributed by atoms with Crippen LogP contribution in [0.15, 0.2) is 46.9 Å². The fourth-order valence-corrected chi connectivity index (χ4v) is 3.31. The fraction of sp³-hybridized carbons (Fsp3) is 0.333. The molecule has 1 fully saturated rings. The van der Waals surface area contributed by atoms with Gasteiger partial charge in [-0.05, 0) is 53.6 Å². The molecule has 21 heavy (non-hydrogen) atoms. The summed E-state index contributed by atoms with van der Waals surface area (Å²) < 4.78 is 6.33. The van der Waals surface area contributed by atoms with Crippen molar-refractivity contribution in [3.63, 3.8) is 0 Å². The molecule has 1 aliphatic rings. The predicted octanol–water partition coefficient (Wildman–Crippen LogP) is 4.77. The maximum absolute atomic E-state index is 6.48. The Kier molecular flexibility index (Phi) is 4.32. The van der Waals surface area contributed by atoms with Gasteiger partial charge in [0.15, 0.2) is 0 Å². The molecule has 1 unspecified atom stereocenters. The molecule has 0 aliphatic heterocycles. The Labute approximate surface area is 134 Å². The molecule has 0 spiro atoms. The summed E-state index contributed by atoms with van der Waals surface area (Å²) in [6.45, 7) is 0. The second-order valence-corrected chi connectivity index (χ2v) is 6.52. The van der Waals surface area contributed by atoms with E-state index in [0.717, 1.165) is 27.3 Å². The van der Waals surface area contributed by atoms with Crippen molar-refractivity contribution >= 4 is 15.9 Å². The monoisotopic (exact) mass is 345 g/mol. The number of halogens is 1. The number of benzene rings is 2. The molecular formula is C18H20BrNO. The van der Waals surface area contributed by atoms with Crippen LogP contribution in [0.25, 0.3) is 0 Å². The number of nitrogens with two attached hydrogens (primary N) is 1. The quantitative estimate of drug-likeness (QED) is 0.865. The van der Waals surface area contributed by atoms with E-state index in [2.05, 4.69) is 40.2 Å². The highest BCUT2D eigenvalue weighted by atomic mass is 79.9. The molecule has 0 bridgehead atoms. The van der Waals surface area contributed by atoms with Crippen LogP contribution in [0, 0.1) is 0 Å². The van der Waals surface area contributed by atoms with E-state index in [9.17, 15) is 0 Å². The number of methoxy groups -OCH3 is 1. The molecule has 3 heteroatoms. The van der Waals surface area contributed by atoms with Crippen LogP contribution in [0.5, 0.6) is 5.75 Å². The normalized spacial score (nSPS) is 16.3. The van der Waals surface area contributed by atoms with Crippen molar-refractivity contribution in [2.75, 3.05) is 7.11 Å². The number of hydrogen-bond acceptors (Lipinski definition) is 2. The minimum atomic E-state index is -0.144. The van der Waals surface area contributed by atoms with Crippen molar-refractivity contribution in [3.8, 4) is 5.75 Å². The second kappa shape index (κ2) is 6.20. The first-order valence-corrected chi connectivity index (χ1v) is 8.17. The van der Waals surface area contributed by atoms with E-state index in [1.165, 1.54) is 24.8 Å². The lowest BCUT2D eigenvalue weighted by molar-refractivity contribution is 0.414. The van der Waals surface area contributed by atoms with Crippen LogP contribution in [-0.2, 0) is 0 Å². The summed E-state index contributed by atoms with van der Waals surface area (Å²) in [7, 11) is 1.68. The van der Waals surface area contributed by atoms with Gasteiger partial charge in [-0.3, -0.25) is 0 Å². The minimum Gasteiger partial charge on any atom is -0.497 e. The number of hydrogen-bond donors (Lipinski definition) is 1. The molecule has 0 amide bonds. The summed E-state index contributed by atoms with van der Waals surface area (Å²) in [6.07, 6.45) is 3.96. The van der Waals surface area contributed by atoms with Gasteiger partial charge < -0.3 is 10.5 Å². The van der Waals surface area contributed by atoms with Crippen molar-refractivity contribution < 1.29 is 4.74 Å². The van der Waals surface area contributed by atoms with Gasteiger partial charge in [-0.2, -0.15) is 0 Å². The Hall–Kier alpha value is -1.32. The van der Waals surface area contributed by atoms with Crippen LogP contribution in [0.1, 0.15) is 47.9 Å². The van der Waals surface area contributed by atoms with E-state index in [4.69, 9.17) is 10.5 Å². The molecule has 0 radical (unpaired) electrons. The first kappa shape index (κ1) is 14.6. The Morgan fingerprint density at radius 1 is 1.19 bits per heavy atom. The maximum atomic E-state index is 6.48. The Morgan fingerprint density at radius 2 is 2.00 bits per heavy atom. The van der Waals surface area contributed by atoms with E-state index in [1.54, 1.807) is 7.11 Å². The Balaban J connectivity index is 1.92. The van der Waals surface area contributed by atoms with E-state index < -0.39 is 0 Å². The fourth-order valence-electron chi connectivity index (χ4n) is 2.81. The lowest BCUT2D eigenvalue weighted by Crippen LogP contribution is -2.14. The van der Waals surface area contributed by atoms with Crippen molar-refractivity contribution in [1.82, 2.24) is 0 Å². The summed E-state index contributed by atoms with van der Waals surface area (Å²) in [5.74, 6) is 1.56. The molecule has 0 heterocycles. The molecule has 2 aromatic rings. The lowest BCUT2D eigenvalue weighted by Gasteiger charge is -2.27. The molecule has 0 saturated heterocycles. The number of rotatable bonds is 4. The Bertz CT molecular complexity index is 637. The van der Waals surface area contributed by atoms with Crippen molar-refractivity contribution in [2.45, 2.75) is 31.2 Å². The summed E-state index contributed by atoms with van der Waals surface area (Å²) in [6, 6.07) is 14.5. The minimum absolute atomic E-state index is 0.144. The lowest BCUT2D eigenvalue weighted by atomic mass is 9.79. The van der Waals surface area contributed by atoms with Crippen molar-refractivity contribution in [1.29, 1.82) is 0 Å². The van der Waals surface area contributed by atoms with E-state index in [1.807, 2.05) is 18.2 Å². The van der Waals surface area contributed by atoms with Crippen LogP contribution < -0.4 is 10.5 Å². The van der Waals surface area contributed by atoms with E-state index >= 15 is 0 Å². The van der Waals surface area contributed by atoms with Gasteiger partial charge in [-0.1, -0.05) is 46.6 Å². The third-order valence-corrected chi connectivity index (χ3v) is 5.11. The highest BCUT2D eigenvalue weighted by molar-refractivity contribution is 9.10. The van der Waals surface area contributed by atoms with Gasteiger partial charge in [0.25, 0.3) is 0 Å². The zero-order chi connectivity index (χ0) is 14.8. The third-order valence-electron chi connectivity index (χ3n) is 4.38. The first-order chi connectivity index (χ1) is 10.2. The SMILES string of the molecule is COc1ccc(Br)c(C(N)c2cccc(C3CCC3)c2)c1. The largest absolute Gasteiger partial charge is 0.497 e. The van der Waals surface area contributed by atoms with Crippen LogP contribution in [-0.4, -0.2) is 7.11 Å². The molecule has 1 aliphatic carbocycles. The van der Waals surface area contributed by atoms with Crippen LogP contribution >= 0.6 is 15.9 Å². The Morgan fingerprint density at radius 3 is 2.67 bits per heavy atom. The first-order valence-electron chi connectivity index (χ1n) is 7.38. The molecule has 2 N–H and O–H groups in total. The number of ether oxygens (including phenoxy) is 1. The average molecular weight is 346 g/mol. The zero-order valence-corrected chi connectivity index (χ0v) is 13.8. The molecule has 2 aromatic carbocycles. The van der Waals surface area contributed by atoms with Crippen molar-refractivity contribution in [2.24, 2.45) is 5.73 Å². The smallest absolute Gasteiger partial charge is 0.119 e. The molecule has 1 saturated carbocycles. The topological polar surface area (TPSA) is 35.2 Å². The summed E-state index contributed by atoms with van der Waals surface area (Å²) in [5.41, 5.74) is 10.1. The van der Waals surface area contributed by atoms with Gasteiger partial charge in [0.05, 0.1) is 13.2 Å². The van der Waals surface area contributed by atoms with Gasteiger partial charge in [0.1, 0.15) is 5.75 Å². The van der Waals surface area contributed by atoms with Gasteiger partial charge in [0, 0.05) is 4.47 Å². The average Bonchev–Trinajstić information content (AvgIpc) is 2.46. The van der Waals surface area contributed by atoms with Gasteiger partial charge in [-0.25, -0.2) is 0 Å². The third kappa shape index (κ3) is 2.99. The van der Waals surface area contributed by atoms with Crippen molar-refractivity contribution in [3.05, 3.63) is 63.6 Å². The van der Waals surface area contributed by atoms with Crippen LogP contribution in [0.3, 0.4) is 0 Å². The molecule has 1 atom stereocenters. The summed E-state index contributed by atoms with van der Waals surface area (Å²) >= 11 is 3.59. The van der Waals surface area contributed by atoms with Crippen LogP contribution in [0.4, 0.5) is 0 Å². The zero-order valence-electron chi connectivity index (χ0n) is 12.2.